The lowest BCUT2D eigenvalue weighted by molar-refractivity contribution is -0.108. The number of aldehydes is 1. The molecule has 0 unspecified atom stereocenters. The van der Waals surface area contributed by atoms with Crippen LogP contribution in [0.2, 0.25) is 5.02 Å². The van der Waals surface area contributed by atoms with Crippen LogP contribution in [0.4, 0.5) is 0 Å². The number of hydrogen-bond donors (Lipinski definition) is 0. The molecule has 0 radical (unpaired) electrons. The van der Waals surface area contributed by atoms with Gasteiger partial charge in [0.25, 0.3) is 0 Å². The first kappa shape index (κ1) is 16.7. The molecule has 24 heavy (non-hydrogen) atoms. The lowest BCUT2D eigenvalue weighted by atomic mass is 10.1. The first-order valence-electron chi connectivity index (χ1n) is 7.14. The van der Waals surface area contributed by atoms with Gasteiger partial charge in [0.2, 0.25) is 0 Å². The van der Waals surface area contributed by atoms with Crippen LogP contribution in [0.15, 0.2) is 34.0 Å². The lowest BCUT2D eigenvalue weighted by Crippen LogP contribution is -2.15. The topological polar surface area (TPSA) is 69.0 Å². The highest BCUT2D eigenvalue weighted by Gasteiger charge is 2.17. The van der Waals surface area contributed by atoms with Crippen LogP contribution in [-0.4, -0.2) is 27.9 Å². The fourth-order valence-corrected chi connectivity index (χ4v) is 3.78. The van der Waals surface area contributed by atoms with Gasteiger partial charge in [0.1, 0.15) is 17.6 Å². The van der Waals surface area contributed by atoms with Gasteiger partial charge in [-0.1, -0.05) is 11.6 Å². The van der Waals surface area contributed by atoms with E-state index in [1.54, 1.807) is 22.8 Å². The summed E-state index contributed by atoms with van der Waals surface area (Å²) in [7, 11) is 0. The number of halogens is 1. The van der Waals surface area contributed by atoms with Gasteiger partial charge in [0.15, 0.2) is 11.2 Å². The number of nitrogens with zero attached hydrogens (tertiary/aromatic N) is 2. The molecular formula is C17H13ClN2O3S. The van der Waals surface area contributed by atoms with E-state index >= 15 is 0 Å². The quantitative estimate of drug-likeness (QED) is 0.309. The average Bonchev–Trinajstić information content (AvgIpc) is 2.57. The lowest BCUT2D eigenvalue weighted by Gasteiger charge is -2.15. The van der Waals surface area contributed by atoms with E-state index in [0.29, 0.717) is 31.9 Å². The predicted octanol–water partition coefficient (Wildman–Crippen LogP) is 3.33. The Morgan fingerprint density at radius 2 is 2.00 bits per heavy atom. The van der Waals surface area contributed by atoms with E-state index in [9.17, 15) is 14.4 Å². The number of pyridine rings is 2. The summed E-state index contributed by atoms with van der Waals surface area (Å²) in [6.45, 7) is 1.41. The molecule has 2 heterocycles. The number of hydrogen-bond acceptors (Lipinski definition) is 5. The molecule has 2 aromatic heterocycles. The second kappa shape index (κ2) is 6.37. The molecule has 0 amide bonds. The summed E-state index contributed by atoms with van der Waals surface area (Å²) < 4.78 is 1.64. The number of benzene rings is 1. The van der Waals surface area contributed by atoms with Crippen molar-refractivity contribution < 1.29 is 9.59 Å². The molecular weight excluding hydrogens is 348 g/mol. The molecule has 122 valence electrons. The first-order chi connectivity index (χ1) is 11.5. The Bertz CT molecular complexity index is 1060. The first-order valence-corrected chi connectivity index (χ1v) is 8.74. The summed E-state index contributed by atoms with van der Waals surface area (Å²) in [6.07, 6.45) is 2.58. The van der Waals surface area contributed by atoms with Crippen LogP contribution >= 0.6 is 23.4 Å². The largest absolute Gasteiger partial charge is 0.317 e. The van der Waals surface area contributed by atoms with Crippen LogP contribution in [-0.2, 0) is 11.3 Å². The summed E-state index contributed by atoms with van der Waals surface area (Å²) >= 11 is 7.65. The fourth-order valence-electron chi connectivity index (χ4n) is 2.72. The minimum absolute atomic E-state index is 0.00946. The Hall–Kier alpha value is -2.18. The van der Waals surface area contributed by atoms with Gasteiger partial charge in [0.05, 0.1) is 27.4 Å². The van der Waals surface area contributed by atoms with Gasteiger partial charge in [-0.3, -0.25) is 9.59 Å². The van der Waals surface area contributed by atoms with Gasteiger partial charge in [-0.05, 0) is 30.5 Å². The maximum absolute atomic E-state index is 12.8. The number of aromatic nitrogens is 2. The van der Waals surface area contributed by atoms with Crippen molar-refractivity contribution in [2.24, 2.45) is 0 Å². The molecule has 0 aliphatic rings. The third-order valence-corrected chi connectivity index (χ3v) is 5.04. The number of carbonyl (C=O) groups is 2. The normalized spacial score (nSPS) is 11.1. The second-order valence-electron chi connectivity index (χ2n) is 5.21. The molecule has 3 rings (SSSR count). The molecule has 7 heteroatoms. The zero-order valence-electron chi connectivity index (χ0n) is 13.0. The fraction of sp³-hybridized carbons (Fsp3) is 0.176. The number of thioether (sulfide) groups is 1. The van der Waals surface area contributed by atoms with Crippen molar-refractivity contribution in [3.63, 3.8) is 0 Å². The highest BCUT2D eigenvalue weighted by Crippen LogP contribution is 2.33. The summed E-state index contributed by atoms with van der Waals surface area (Å²) in [6, 6.07) is 6.43. The SMILES string of the molecule is CSc1c(Cl)ccc2c(=O)c3ccc(C(C)=O)nc3n(CC=O)c12. The number of rotatable bonds is 4. The zero-order valence-corrected chi connectivity index (χ0v) is 14.6. The van der Waals surface area contributed by atoms with E-state index in [1.165, 1.54) is 24.8 Å². The van der Waals surface area contributed by atoms with Crippen LogP contribution in [0.3, 0.4) is 0 Å². The van der Waals surface area contributed by atoms with Crippen molar-refractivity contribution in [3.8, 4) is 0 Å². The summed E-state index contributed by atoms with van der Waals surface area (Å²) in [5, 5.41) is 1.33. The molecule has 0 fully saturated rings. The maximum Gasteiger partial charge on any atom is 0.198 e. The standard InChI is InChI=1S/C17H13ClN2O3S/c1-9(22)13-6-4-11-15(23)10-3-5-12(18)16(24-2)14(10)20(7-8-21)17(11)19-13/h3-6,8H,7H2,1-2H3. The van der Waals surface area contributed by atoms with Crippen LogP contribution in [0, 0.1) is 0 Å². The molecule has 0 saturated carbocycles. The maximum atomic E-state index is 12.8. The van der Waals surface area contributed by atoms with Gasteiger partial charge in [-0.2, -0.15) is 0 Å². The van der Waals surface area contributed by atoms with Gasteiger partial charge in [-0.15, -0.1) is 11.8 Å². The molecule has 1 aromatic carbocycles. The van der Waals surface area contributed by atoms with E-state index < -0.39 is 0 Å². The molecule has 0 saturated heterocycles. The highest BCUT2D eigenvalue weighted by molar-refractivity contribution is 7.99. The molecule has 0 bridgehead atoms. The third-order valence-electron chi connectivity index (χ3n) is 3.80. The number of Topliss-reactive ketones (excluding diaryl/α,β-unsaturated/α-hetero) is 1. The number of ketones is 1. The Morgan fingerprint density at radius 3 is 2.62 bits per heavy atom. The Balaban J connectivity index is 2.62. The van der Waals surface area contributed by atoms with Crippen molar-refractivity contribution in [3.05, 3.63) is 45.2 Å². The third kappa shape index (κ3) is 2.52. The van der Waals surface area contributed by atoms with E-state index in [4.69, 9.17) is 11.6 Å². The van der Waals surface area contributed by atoms with Gasteiger partial charge < -0.3 is 9.36 Å². The van der Waals surface area contributed by atoms with E-state index in [2.05, 4.69) is 4.98 Å². The van der Waals surface area contributed by atoms with Crippen molar-refractivity contribution in [2.75, 3.05) is 6.26 Å². The predicted molar refractivity (Wildman–Crippen MR) is 96.4 cm³/mol. The van der Waals surface area contributed by atoms with Crippen molar-refractivity contribution in [2.45, 2.75) is 18.4 Å². The van der Waals surface area contributed by atoms with E-state index in [-0.39, 0.29) is 23.5 Å². The van der Waals surface area contributed by atoms with Gasteiger partial charge in [-0.25, -0.2) is 4.98 Å². The number of carbonyl (C=O) groups excluding carboxylic acids is 2. The van der Waals surface area contributed by atoms with Crippen LogP contribution in [0.5, 0.6) is 0 Å². The molecule has 5 nitrogen and oxygen atoms in total. The molecule has 0 atom stereocenters. The average molecular weight is 361 g/mol. The second-order valence-corrected chi connectivity index (χ2v) is 6.43. The van der Waals surface area contributed by atoms with Crippen LogP contribution < -0.4 is 5.43 Å². The van der Waals surface area contributed by atoms with Gasteiger partial charge >= 0.3 is 0 Å². The van der Waals surface area contributed by atoms with E-state index in [0.717, 1.165) is 6.29 Å². The monoisotopic (exact) mass is 360 g/mol. The molecule has 3 aromatic rings. The van der Waals surface area contributed by atoms with Gasteiger partial charge in [0, 0.05) is 12.3 Å². The summed E-state index contributed by atoms with van der Waals surface area (Å²) in [5.74, 6) is -0.210. The molecule has 0 aliphatic heterocycles. The van der Waals surface area contributed by atoms with Crippen molar-refractivity contribution in [1.29, 1.82) is 0 Å². The van der Waals surface area contributed by atoms with Crippen LogP contribution in [0.1, 0.15) is 17.4 Å². The smallest absolute Gasteiger partial charge is 0.198 e. The summed E-state index contributed by atoms with van der Waals surface area (Å²) in [4.78, 5) is 40.7. The van der Waals surface area contributed by atoms with Crippen molar-refractivity contribution in [1.82, 2.24) is 9.55 Å². The summed E-state index contributed by atoms with van der Waals surface area (Å²) in [5.41, 5.74) is 0.919. The van der Waals surface area contributed by atoms with E-state index in [1.807, 2.05) is 6.26 Å². The Labute approximate surface area is 146 Å². The molecule has 0 N–H and O–H groups in total. The Morgan fingerprint density at radius 1 is 1.29 bits per heavy atom. The minimum Gasteiger partial charge on any atom is -0.317 e. The molecule has 0 aliphatic carbocycles. The minimum atomic E-state index is -0.210. The molecule has 0 spiro atoms. The van der Waals surface area contributed by atoms with Crippen molar-refractivity contribution >= 4 is 57.4 Å². The Kier molecular flexibility index (Phi) is 4.43. The number of fused-ring (bicyclic) bond motifs is 2. The zero-order chi connectivity index (χ0) is 17.4. The highest BCUT2D eigenvalue weighted by atomic mass is 35.5. The van der Waals surface area contributed by atoms with Crippen LogP contribution in [0.25, 0.3) is 21.9 Å².